The van der Waals surface area contributed by atoms with Crippen LogP contribution in [0.5, 0.6) is 0 Å². The number of rotatable bonds is 5. The molecule has 0 spiro atoms. The second kappa shape index (κ2) is 7.90. The van der Waals surface area contributed by atoms with Crippen LogP contribution in [0.2, 0.25) is 0 Å². The SMILES string of the molecule is CN(C)c1cc(NS(C)(=O)=O)ccc1Nc1c2ccccc2nc2c1ccc1cccnc12. The van der Waals surface area contributed by atoms with E-state index in [0.29, 0.717) is 5.69 Å². The van der Waals surface area contributed by atoms with Crippen molar-refractivity contribution in [3.8, 4) is 0 Å². The summed E-state index contributed by atoms with van der Waals surface area (Å²) in [5.41, 5.74) is 5.67. The van der Waals surface area contributed by atoms with Crippen molar-refractivity contribution < 1.29 is 8.42 Å². The third-order valence-corrected chi connectivity index (χ3v) is 6.07. The van der Waals surface area contributed by atoms with Gasteiger partial charge in [0.05, 0.1) is 45.6 Å². The van der Waals surface area contributed by atoms with E-state index in [-0.39, 0.29) is 0 Å². The average Bonchev–Trinajstić information content (AvgIpc) is 2.78. The van der Waals surface area contributed by atoms with Crippen LogP contribution in [0.1, 0.15) is 0 Å². The number of hydrogen-bond acceptors (Lipinski definition) is 6. The standard InChI is InChI=1S/C25H23N5O2S/c1-30(2)22-15-17(29-33(3,31)32)11-13-21(22)28-24-18-8-4-5-9-20(18)27-25-19(24)12-10-16-7-6-14-26-23(16)25/h4-15,29H,1-3H3,(H,27,28). The Morgan fingerprint density at radius 2 is 1.70 bits per heavy atom. The molecule has 166 valence electrons. The first-order valence-corrected chi connectivity index (χ1v) is 12.3. The topological polar surface area (TPSA) is 87.2 Å². The van der Waals surface area contributed by atoms with Crippen LogP contribution in [0.15, 0.2) is 72.9 Å². The molecule has 0 aliphatic carbocycles. The lowest BCUT2D eigenvalue weighted by Gasteiger charge is -2.21. The van der Waals surface area contributed by atoms with Crippen molar-refractivity contribution in [3.63, 3.8) is 0 Å². The number of para-hydroxylation sites is 1. The second-order valence-corrected chi connectivity index (χ2v) is 9.91. The molecule has 8 heteroatoms. The number of benzene rings is 3. The molecule has 0 aliphatic rings. The van der Waals surface area contributed by atoms with Crippen molar-refractivity contribution in [2.75, 3.05) is 35.3 Å². The predicted molar refractivity (Wildman–Crippen MR) is 137 cm³/mol. The molecule has 3 aromatic carbocycles. The molecule has 2 aromatic heterocycles. The van der Waals surface area contributed by atoms with Crippen LogP contribution < -0.4 is 14.9 Å². The molecule has 5 rings (SSSR count). The Morgan fingerprint density at radius 3 is 2.48 bits per heavy atom. The molecule has 0 bridgehead atoms. The third-order valence-electron chi connectivity index (χ3n) is 5.47. The fourth-order valence-electron chi connectivity index (χ4n) is 4.05. The number of hydrogen-bond donors (Lipinski definition) is 2. The molecule has 0 saturated carbocycles. The fraction of sp³-hybridized carbons (Fsp3) is 0.120. The van der Waals surface area contributed by atoms with Gasteiger partial charge in [0.15, 0.2) is 0 Å². The molecule has 2 heterocycles. The van der Waals surface area contributed by atoms with E-state index in [0.717, 1.165) is 56.0 Å². The van der Waals surface area contributed by atoms with Crippen LogP contribution in [-0.4, -0.2) is 38.7 Å². The first-order valence-electron chi connectivity index (χ1n) is 10.4. The van der Waals surface area contributed by atoms with Gasteiger partial charge in [-0.1, -0.05) is 30.3 Å². The van der Waals surface area contributed by atoms with Gasteiger partial charge in [-0.05, 0) is 36.4 Å². The summed E-state index contributed by atoms with van der Waals surface area (Å²) < 4.78 is 26.0. The Bertz CT molecular complexity index is 1630. The number of nitrogens with one attached hydrogen (secondary N) is 2. The Balaban J connectivity index is 1.74. The number of fused-ring (bicyclic) bond motifs is 4. The largest absolute Gasteiger partial charge is 0.376 e. The maximum Gasteiger partial charge on any atom is 0.229 e. The highest BCUT2D eigenvalue weighted by Crippen LogP contribution is 2.38. The maximum absolute atomic E-state index is 11.7. The van der Waals surface area contributed by atoms with Crippen molar-refractivity contribution in [2.45, 2.75) is 0 Å². The molecular weight excluding hydrogens is 434 g/mol. The van der Waals surface area contributed by atoms with Crippen molar-refractivity contribution >= 4 is 65.5 Å². The van der Waals surface area contributed by atoms with Crippen LogP contribution in [0.3, 0.4) is 0 Å². The number of nitrogens with zero attached hydrogens (tertiary/aromatic N) is 3. The summed E-state index contributed by atoms with van der Waals surface area (Å²) in [4.78, 5) is 11.5. The van der Waals surface area contributed by atoms with Gasteiger partial charge in [-0.15, -0.1) is 0 Å². The minimum absolute atomic E-state index is 0.506. The Labute approximate surface area is 192 Å². The summed E-state index contributed by atoms with van der Waals surface area (Å²) in [6.45, 7) is 0. The van der Waals surface area contributed by atoms with E-state index >= 15 is 0 Å². The molecule has 0 atom stereocenters. The maximum atomic E-state index is 11.7. The lowest BCUT2D eigenvalue weighted by atomic mass is 10.0. The van der Waals surface area contributed by atoms with E-state index in [4.69, 9.17) is 4.98 Å². The Morgan fingerprint density at radius 1 is 0.879 bits per heavy atom. The zero-order valence-electron chi connectivity index (χ0n) is 18.5. The monoisotopic (exact) mass is 457 g/mol. The molecule has 0 saturated heterocycles. The first-order chi connectivity index (χ1) is 15.8. The fourth-order valence-corrected chi connectivity index (χ4v) is 4.60. The molecule has 33 heavy (non-hydrogen) atoms. The summed E-state index contributed by atoms with van der Waals surface area (Å²) in [5, 5.41) is 6.59. The summed E-state index contributed by atoms with van der Waals surface area (Å²) >= 11 is 0. The molecule has 0 amide bonds. The first kappa shape index (κ1) is 21.0. The smallest absolute Gasteiger partial charge is 0.229 e. The van der Waals surface area contributed by atoms with E-state index in [1.807, 2.05) is 67.5 Å². The number of aromatic nitrogens is 2. The molecule has 2 N–H and O–H groups in total. The van der Waals surface area contributed by atoms with Gasteiger partial charge >= 0.3 is 0 Å². The van der Waals surface area contributed by atoms with Gasteiger partial charge in [0.25, 0.3) is 0 Å². The van der Waals surface area contributed by atoms with Crippen molar-refractivity contribution in [1.29, 1.82) is 0 Å². The number of sulfonamides is 1. The second-order valence-electron chi connectivity index (χ2n) is 8.17. The van der Waals surface area contributed by atoms with Gasteiger partial charge in [-0.3, -0.25) is 9.71 Å². The van der Waals surface area contributed by atoms with Crippen LogP contribution in [-0.2, 0) is 10.0 Å². The zero-order chi connectivity index (χ0) is 23.2. The highest BCUT2D eigenvalue weighted by molar-refractivity contribution is 7.92. The minimum Gasteiger partial charge on any atom is -0.376 e. The highest BCUT2D eigenvalue weighted by Gasteiger charge is 2.15. The summed E-state index contributed by atoms with van der Waals surface area (Å²) in [6.07, 6.45) is 2.92. The molecule has 0 unspecified atom stereocenters. The molecule has 5 aromatic rings. The van der Waals surface area contributed by atoms with Gasteiger partial charge in [-0.25, -0.2) is 13.4 Å². The normalized spacial score (nSPS) is 11.7. The molecule has 0 radical (unpaired) electrons. The highest BCUT2D eigenvalue weighted by atomic mass is 32.2. The number of anilines is 4. The van der Waals surface area contributed by atoms with E-state index < -0.39 is 10.0 Å². The third kappa shape index (κ3) is 4.01. The van der Waals surface area contributed by atoms with Gasteiger partial charge in [0, 0.05) is 36.5 Å². The van der Waals surface area contributed by atoms with Gasteiger partial charge in [0.1, 0.15) is 0 Å². The van der Waals surface area contributed by atoms with E-state index in [2.05, 4.69) is 27.2 Å². The van der Waals surface area contributed by atoms with Crippen LogP contribution in [0.25, 0.3) is 32.7 Å². The lowest BCUT2D eigenvalue weighted by molar-refractivity contribution is 0.607. The van der Waals surface area contributed by atoms with Gasteiger partial charge in [-0.2, -0.15) is 0 Å². The van der Waals surface area contributed by atoms with Crippen molar-refractivity contribution in [1.82, 2.24) is 9.97 Å². The van der Waals surface area contributed by atoms with E-state index in [1.165, 1.54) is 0 Å². The van der Waals surface area contributed by atoms with E-state index in [9.17, 15) is 8.42 Å². The predicted octanol–water partition coefficient (Wildman–Crippen LogP) is 5.12. The molecule has 7 nitrogen and oxygen atoms in total. The summed E-state index contributed by atoms with van der Waals surface area (Å²) in [5.74, 6) is 0. The minimum atomic E-state index is -3.37. The van der Waals surface area contributed by atoms with Gasteiger partial charge < -0.3 is 10.2 Å². The van der Waals surface area contributed by atoms with Crippen LogP contribution in [0, 0.1) is 0 Å². The quantitative estimate of drug-likeness (QED) is 0.281. The lowest BCUT2D eigenvalue weighted by Crippen LogP contribution is -2.14. The molecule has 0 fully saturated rings. The van der Waals surface area contributed by atoms with Gasteiger partial charge in [0.2, 0.25) is 10.0 Å². The van der Waals surface area contributed by atoms with Crippen molar-refractivity contribution in [3.05, 3.63) is 72.9 Å². The van der Waals surface area contributed by atoms with E-state index in [1.54, 1.807) is 12.3 Å². The Hall–Kier alpha value is -3.91. The summed E-state index contributed by atoms with van der Waals surface area (Å²) in [7, 11) is 0.469. The van der Waals surface area contributed by atoms with Crippen LogP contribution in [0.4, 0.5) is 22.7 Å². The van der Waals surface area contributed by atoms with Crippen LogP contribution >= 0.6 is 0 Å². The average molecular weight is 458 g/mol. The zero-order valence-corrected chi connectivity index (χ0v) is 19.3. The number of pyridine rings is 2. The molecular formula is C25H23N5O2S. The Kier molecular flexibility index (Phi) is 5.02. The molecule has 0 aliphatic heterocycles. The summed E-state index contributed by atoms with van der Waals surface area (Å²) in [6, 6.07) is 21.5. The van der Waals surface area contributed by atoms with Crippen molar-refractivity contribution in [2.24, 2.45) is 0 Å².